The van der Waals surface area contributed by atoms with Crippen molar-refractivity contribution in [2.24, 2.45) is 0 Å². The van der Waals surface area contributed by atoms with Crippen LogP contribution in [0.15, 0.2) is 12.4 Å². The van der Waals surface area contributed by atoms with E-state index in [1.54, 1.807) is 0 Å². The number of halogens is 6. The number of hydrogen-bond donors (Lipinski definition) is 0. The SMILES string of the molecule is O=C(c1nc([N+](=O)[O-])cn1CCCCCCCn1cc([N+](=O)[O-])nc1C(=O)C(Cl)(Cl)Cl)C(Cl)(Cl)Cl. The summed E-state index contributed by atoms with van der Waals surface area (Å²) in [7, 11) is 0. The number of rotatable bonds is 12. The maximum atomic E-state index is 12.2. The number of aryl methyl sites for hydroxylation is 2. The second-order valence-electron chi connectivity index (χ2n) is 7.17. The molecule has 35 heavy (non-hydrogen) atoms. The zero-order chi connectivity index (χ0) is 26.6. The van der Waals surface area contributed by atoms with E-state index in [4.69, 9.17) is 69.6 Å². The monoisotopic (exact) mass is 610 g/mol. The highest BCUT2D eigenvalue weighted by molar-refractivity contribution is 6.77. The topological polar surface area (TPSA) is 156 Å². The van der Waals surface area contributed by atoms with E-state index in [0.717, 1.165) is 12.4 Å². The van der Waals surface area contributed by atoms with Gasteiger partial charge in [0.25, 0.3) is 30.8 Å². The molecule has 0 fully saturated rings. The van der Waals surface area contributed by atoms with E-state index >= 15 is 0 Å². The average molecular weight is 613 g/mol. The quantitative estimate of drug-likeness (QED) is 0.0978. The minimum atomic E-state index is -2.31. The zero-order valence-corrected chi connectivity index (χ0v) is 22.0. The fourth-order valence-electron chi connectivity index (χ4n) is 3.03. The lowest BCUT2D eigenvalue weighted by Crippen LogP contribution is -2.23. The summed E-state index contributed by atoms with van der Waals surface area (Å²) >= 11 is 33.6. The van der Waals surface area contributed by atoms with E-state index in [1.807, 2.05) is 0 Å². The first-order chi connectivity index (χ1) is 16.1. The van der Waals surface area contributed by atoms with Gasteiger partial charge in [0.2, 0.25) is 0 Å². The van der Waals surface area contributed by atoms with Gasteiger partial charge in [0.15, 0.2) is 0 Å². The molecule has 0 N–H and O–H groups in total. The minimum absolute atomic E-state index is 0.221. The van der Waals surface area contributed by atoms with E-state index in [2.05, 4.69) is 9.97 Å². The summed E-state index contributed by atoms with van der Waals surface area (Å²) in [5.74, 6) is -3.71. The highest BCUT2D eigenvalue weighted by Crippen LogP contribution is 2.32. The summed E-state index contributed by atoms with van der Waals surface area (Å²) < 4.78 is -2.09. The fourth-order valence-corrected chi connectivity index (χ4v) is 3.54. The fraction of sp³-hybridized carbons (Fsp3) is 0.529. The Morgan fingerprint density at radius 1 is 0.714 bits per heavy atom. The number of imidazole rings is 2. The number of ketones is 2. The first-order valence-corrected chi connectivity index (χ1v) is 12.1. The van der Waals surface area contributed by atoms with Crippen LogP contribution in [-0.4, -0.2) is 48.1 Å². The predicted octanol–water partition coefficient (Wildman–Crippen LogP) is 5.65. The number of alkyl halides is 6. The largest absolute Gasteiger partial charge is 0.382 e. The molecule has 192 valence electrons. The van der Waals surface area contributed by atoms with Gasteiger partial charge in [-0.3, -0.25) is 9.59 Å². The molecule has 0 saturated carbocycles. The molecule has 0 bridgehead atoms. The van der Waals surface area contributed by atoms with Crippen LogP contribution < -0.4 is 0 Å². The highest BCUT2D eigenvalue weighted by atomic mass is 35.6. The first-order valence-electron chi connectivity index (χ1n) is 9.79. The Kier molecular flexibility index (Phi) is 10.1. The molecular formula is C17H16Cl6N6O6. The van der Waals surface area contributed by atoms with Crippen molar-refractivity contribution >= 4 is 92.8 Å². The van der Waals surface area contributed by atoms with Gasteiger partial charge in [0.1, 0.15) is 12.4 Å². The second-order valence-corrected chi connectivity index (χ2v) is 11.7. The van der Waals surface area contributed by atoms with Crippen LogP contribution in [0, 0.1) is 20.2 Å². The Bertz CT molecular complexity index is 1040. The van der Waals surface area contributed by atoms with Gasteiger partial charge in [0, 0.05) is 13.1 Å². The minimum Gasteiger partial charge on any atom is -0.358 e. The van der Waals surface area contributed by atoms with Crippen LogP contribution in [0.4, 0.5) is 11.6 Å². The molecule has 2 rings (SSSR count). The van der Waals surface area contributed by atoms with Crippen molar-refractivity contribution in [1.82, 2.24) is 19.1 Å². The predicted molar refractivity (Wildman–Crippen MR) is 130 cm³/mol. The summed E-state index contributed by atoms with van der Waals surface area (Å²) in [6.07, 6.45) is 5.28. The molecule has 0 atom stereocenters. The van der Waals surface area contributed by atoms with Crippen LogP contribution in [0.25, 0.3) is 0 Å². The Morgan fingerprint density at radius 2 is 1.03 bits per heavy atom. The molecule has 0 aliphatic rings. The molecule has 12 nitrogen and oxygen atoms in total. The molecule has 0 unspecified atom stereocenters. The third kappa shape index (κ3) is 8.16. The van der Waals surface area contributed by atoms with Crippen molar-refractivity contribution in [3.05, 3.63) is 44.3 Å². The van der Waals surface area contributed by atoms with Crippen molar-refractivity contribution < 1.29 is 19.4 Å². The van der Waals surface area contributed by atoms with Gasteiger partial charge in [-0.05, 0) is 32.7 Å². The third-order valence-electron chi connectivity index (χ3n) is 4.62. The number of Topliss-reactive ketones (excluding diaryl/α,β-unsaturated/α-hetero) is 2. The van der Waals surface area contributed by atoms with E-state index in [9.17, 15) is 29.8 Å². The molecular weight excluding hydrogens is 597 g/mol. The van der Waals surface area contributed by atoms with Crippen LogP contribution in [0.5, 0.6) is 0 Å². The van der Waals surface area contributed by atoms with E-state index < -0.39 is 40.6 Å². The number of aromatic nitrogens is 4. The van der Waals surface area contributed by atoms with Crippen LogP contribution in [0.3, 0.4) is 0 Å². The molecule has 2 aromatic heterocycles. The lowest BCUT2D eigenvalue weighted by atomic mass is 10.1. The van der Waals surface area contributed by atoms with Crippen molar-refractivity contribution in [2.45, 2.75) is 52.8 Å². The van der Waals surface area contributed by atoms with Crippen LogP contribution >= 0.6 is 69.6 Å². The lowest BCUT2D eigenvalue weighted by molar-refractivity contribution is -0.389. The van der Waals surface area contributed by atoms with Crippen molar-refractivity contribution in [3.8, 4) is 0 Å². The molecule has 0 radical (unpaired) electrons. The maximum absolute atomic E-state index is 12.2. The Hall–Kier alpha value is -1.70. The molecule has 0 aliphatic heterocycles. The molecule has 2 aromatic rings. The molecule has 2 heterocycles. The van der Waals surface area contributed by atoms with Crippen LogP contribution in [-0.2, 0) is 13.1 Å². The van der Waals surface area contributed by atoms with Gasteiger partial charge in [-0.2, -0.15) is 0 Å². The third-order valence-corrected chi connectivity index (χ3v) is 5.65. The van der Waals surface area contributed by atoms with Gasteiger partial charge in [-0.25, -0.2) is 0 Å². The van der Waals surface area contributed by atoms with Gasteiger partial charge in [-0.1, -0.05) is 88.9 Å². The zero-order valence-electron chi connectivity index (χ0n) is 17.5. The van der Waals surface area contributed by atoms with Crippen molar-refractivity contribution in [3.63, 3.8) is 0 Å². The van der Waals surface area contributed by atoms with Crippen molar-refractivity contribution in [1.29, 1.82) is 0 Å². The molecule has 0 aromatic carbocycles. The maximum Gasteiger partial charge on any atom is 0.382 e. The smallest absolute Gasteiger partial charge is 0.358 e. The summed E-state index contributed by atoms with van der Waals surface area (Å²) in [4.78, 5) is 52.2. The average Bonchev–Trinajstić information content (AvgIpc) is 3.35. The summed E-state index contributed by atoms with van der Waals surface area (Å²) in [5.41, 5.74) is 0. The summed E-state index contributed by atoms with van der Waals surface area (Å²) in [5, 5.41) is 22.0. The van der Waals surface area contributed by atoms with Crippen LogP contribution in [0.2, 0.25) is 0 Å². The number of nitrogens with zero attached hydrogens (tertiary/aromatic N) is 6. The second kappa shape index (κ2) is 12.0. The standard InChI is InChI=1S/C17H16Cl6N6O6/c18-16(19,20)12(30)14-24-10(28(32)33)8-26(14)6-4-2-1-3-5-7-27-9-11(29(34)35)25-15(27)13(31)17(21,22)23/h8-9H,1-7H2. The Morgan fingerprint density at radius 3 is 1.31 bits per heavy atom. The number of nitro groups is 2. The Balaban J connectivity index is 1.91. The van der Waals surface area contributed by atoms with Gasteiger partial charge < -0.3 is 29.4 Å². The van der Waals surface area contributed by atoms with Gasteiger partial charge in [-0.15, -0.1) is 0 Å². The first kappa shape index (κ1) is 29.5. The van der Waals surface area contributed by atoms with Crippen molar-refractivity contribution in [2.75, 3.05) is 0 Å². The lowest BCUT2D eigenvalue weighted by Gasteiger charge is -2.09. The molecule has 0 spiro atoms. The summed E-state index contributed by atoms with van der Waals surface area (Å²) in [6, 6.07) is 0. The van der Waals surface area contributed by atoms with E-state index in [0.29, 0.717) is 32.1 Å². The van der Waals surface area contributed by atoms with Gasteiger partial charge >= 0.3 is 11.6 Å². The van der Waals surface area contributed by atoms with Crippen LogP contribution in [0.1, 0.15) is 53.3 Å². The Labute approximate surface area is 227 Å². The van der Waals surface area contributed by atoms with Gasteiger partial charge in [0.05, 0.1) is 0 Å². The van der Waals surface area contributed by atoms with E-state index in [1.165, 1.54) is 9.13 Å². The molecule has 0 aliphatic carbocycles. The molecule has 0 saturated heterocycles. The normalized spacial score (nSPS) is 12.1. The molecule has 18 heteroatoms. The number of unbranched alkanes of at least 4 members (excludes halogenated alkanes) is 4. The summed E-state index contributed by atoms with van der Waals surface area (Å²) in [6.45, 7) is 0.441. The number of carbonyl (C=O) groups is 2. The highest BCUT2D eigenvalue weighted by Gasteiger charge is 2.40. The molecule has 0 amide bonds. The number of hydrogen-bond acceptors (Lipinski definition) is 8. The number of carbonyl (C=O) groups excluding carboxylic acids is 2. The van der Waals surface area contributed by atoms with E-state index in [-0.39, 0.29) is 24.7 Å².